The third kappa shape index (κ3) is 7.02. The van der Waals surface area contributed by atoms with Gasteiger partial charge < -0.3 is 10.2 Å². The SMILES string of the molecule is CCC1CCC(CCc2ccccc2NC(=O)C=Cc2ccccc2)N(C)C1.Cl. The van der Waals surface area contributed by atoms with Crippen molar-refractivity contribution in [1.82, 2.24) is 4.90 Å². The average molecular weight is 413 g/mol. The van der Waals surface area contributed by atoms with Gasteiger partial charge in [-0.2, -0.15) is 0 Å². The number of likely N-dealkylation sites (tertiary alicyclic amines) is 1. The molecule has 1 heterocycles. The fourth-order valence-electron chi connectivity index (χ4n) is 4.09. The number of nitrogens with zero attached hydrogens (tertiary/aromatic N) is 1. The van der Waals surface area contributed by atoms with Crippen molar-refractivity contribution in [1.29, 1.82) is 0 Å². The highest BCUT2D eigenvalue weighted by Crippen LogP contribution is 2.27. The van der Waals surface area contributed by atoms with E-state index in [-0.39, 0.29) is 18.3 Å². The van der Waals surface area contributed by atoms with E-state index >= 15 is 0 Å². The van der Waals surface area contributed by atoms with Gasteiger partial charge in [-0.25, -0.2) is 0 Å². The lowest BCUT2D eigenvalue weighted by molar-refractivity contribution is -0.111. The van der Waals surface area contributed by atoms with Gasteiger partial charge in [0.15, 0.2) is 0 Å². The summed E-state index contributed by atoms with van der Waals surface area (Å²) >= 11 is 0. The topological polar surface area (TPSA) is 32.3 Å². The molecule has 0 aliphatic carbocycles. The van der Waals surface area contributed by atoms with E-state index in [1.165, 1.54) is 31.4 Å². The van der Waals surface area contributed by atoms with E-state index in [2.05, 4.69) is 36.3 Å². The number of carbonyl (C=O) groups is 1. The van der Waals surface area contributed by atoms with Crippen LogP contribution in [-0.2, 0) is 11.2 Å². The molecule has 1 amide bonds. The molecule has 3 rings (SSSR count). The molecular formula is C25H33ClN2O. The highest BCUT2D eigenvalue weighted by Gasteiger charge is 2.24. The number of amides is 1. The van der Waals surface area contributed by atoms with E-state index in [0.29, 0.717) is 6.04 Å². The van der Waals surface area contributed by atoms with E-state index in [0.717, 1.165) is 30.0 Å². The molecule has 0 saturated carbocycles. The van der Waals surface area contributed by atoms with Gasteiger partial charge in [0.1, 0.15) is 0 Å². The van der Waals surface area contributed by atoms with Gasteiger partial charge in [-0.3, -0.25) is 4.79 Å². The normalized spacial score (nSPS) is 19.7. The molecule has 1 saturated heterocycles. The van der Waals surface area contributed by atoms with E-state index in [1.807, 2.05) is 48.5 Å². The Morgan fingerprint density at radius 1 is 1.10 bits per heavy atom. The standard InChI is InChI=1S/C25H32N2O.ClH/c1-3-20-13-16-23(27(2)19-20)17-15-22-11-7-8-12-24(22)26-25(28)18-14-21-9-5-4-6-10-21;/h4-12,14,18,20,23H,3,13,15-17,19H2,1-2H3,(H,26,28);1H. The third-order valence-electron chi connectivity index (χ3n) is 5.90. The first-order chi connectivity index (χ1) is 13.7. The summed E-state index contributed by atoms with van der Waals surface area (Å²) < 4.78 is 0. The molecule has 4 heteroatoms. The Balaban J connectivity index is 0.00000300. The smallest absolute Gasteiger partial charge is 0.248 e. The second-order valence-electron chi connectivity index (χ2n) is 7.87. The second-order valence-corrected chi connectivity index (χ2v) is 7.87. The fourth-order valence-corrected chi connectivity index (χ4v) is 4.09. The monoisotopic (exact) mass is 412 g/mol. The maximum Gasteiger partial charge on any atom is 0.248 e. The van der Waals surface area contributed by atoms with Crippen LogP contribution in [0.5, 0.6) is 0 Å². The molecular weight excluding hydrogens is 380 g/mol. The van der Waals surface area contributed by atoms with Crippen LogP contribution < -0.4 is 5.32 Å². The summed E-state index contributed by atoms with van der Waals surface area (Å²) in [5.41, 5.74) is 3.17. The van der Waals surface area contributed by atoms with Crippen LogP contribution in [0.4, 0.5) is 5.69 Å². The van der Waals surface area contributed by atoms with Crippen LogP contribution in [0.25, 0.3) is 6.08 Å². The summed E-state index contributed by atoms with van der Waals surface area (Å²) in [6.07, 6.45) is 9.48. The Bertz CT molecular complexity index is 790. The van der Waals surface area contributed by atoms with Crippen LogP contribution in [0.2, 0.25) is 0 Å². The highest BCUT2D eigenvalue weighted by molar-refractivity contribution is 6.02. The Hall–Kier alpha value is -2.10. The first kappa shape index (κ1) is 23.2. The van der Waals surface area contributed by atoms with Gasteiger partial charge in [0.25, 0.3) is 0 Å². The van der Waals surface area contributed by atoms with Gasteiger partial charge in [-0.15, -0.1) is 12.4 Å². The highest BCUT2D eigenvalue weighted by atomic mass is 35.5. The number of aryl methyl sites for hydroxylation is 1. The Morgan fingerprint density at radius 2 is 1.83 bits per heavy atom. The van der Waals surface area contributed by atoms with Crippen LogP contribution in [0.15, 0.2) is 60.7 Å². The molecule has 156 valence electrons. The van der Waals surface area contributed by atoms with Crippen LogP contribution >= 0.6 is 12.4 Å². The quantitative estimate of drug-likeness (QED) is 0.581. The van der Waals surface area contributed by atoms with Crippen molar-refractivity contribution in [2.24, 2.45) is 5.92 Å². The third-order valence-corrected chi connectivity index (χ3v) is 5.90. The van der Waals surface area contributed by atoms with Crippen LogP contribution in [0.3, 0.4) is 0 Å². The predicted molar refractivity (Wildman–Crippen MR) is 126 cm³/mol. The molecule has 1 N–H and O–H groups in total. The molecule has 29 heavy (non-hydrogen) atoms. The number of hydrogen-bond acceptors (Lipinski definition) is 2. The number of anilines is 1. The molecule has 0 bridgehead atoms. The van der Waals surface area contributed by atoms with Crippen LogP contribution in [0, 0.1) is 5.92 Å². The summed E-state index contributed by atoms with van der Waals surface area (Å²) in [7, 11) is 2.26. The number of para-hydroxylation sites is 1. The lowest BCUT2D eigenvalue weighted by Crippen LogP contribution is -2.40. The molecule has 2 aromatic rings. The number of nitrogens with one attached hydrogen (secondary N) is 1. The molecule has 0 spiro atoms. The fraction of sp³-hybridized carbons (Fsp3) is 0.400. The van der Waals surface area contributed by atoms with E-state index in [4.69, 9.17) is 0 Å². The summed E-state index contributed by atoms with van der Waals surface area (Å²) in [6, 6.07) is 18.7. The maximum absolute atomic E-state index is 12.4. The summed E-state index contributed by atoms with van der Waals surface area (Å²) in [4.78, 5) is 14.9. The van der Waals surface area contributed by atoms with E-state index in [9.17, 15) is 4.79 Å². The van der Waals surface area contributed by atoms with Crippen molar-refractivity contribution < 1.29 is 4.79 Å². The van der Waals surface area contributed by atoms with E-state index < -0.39 is 0 Å². The zero-order valence-corrected chi connectivity index (χ0v) is 18.3. The number of hydrogen-bond donors (Lipinski definition) is 1. The first-order valence-electron chi connectivity index (χ1n) is 10.5. The average Bonchev–Trinajstić information content (AvgIpc) is 2.73. The summed E-state index contributed by atoms with van der Waals surface area (Å²) in [5, 5.41) is 3.06. The molecule has 2 unspecified atom stereocenters. The lowest BCUT2D eigenvalue weighted by Gasteiger charge is -2.37. The molecule has 2 atom stereocenters. The van der Waals surface area contributed by atoms with Crippen molar-refractivity contribution in [2.75, 3.05) is 18.9 Å². The van der Waals surface area contributed by atoms with Gasteiger partial charge >= 0.3 is 0 Å². The van der Waals surface area contributed by atoms with Crippen molar-refractivity contribution in [3.05, 3.63) is 71.8 Å². The second kappa shape index (κ2) is 11.8. The van der Waals surface area contributed by atoms with Gasteiger partial charge in [0.2, 0.25) is 5.91 Å². The first-order valence-corrected chi connectivity index (χ1v) is 10.5. The molecule has 1 aliphatic heterocycles. The van der Waals surface area contributed by atoms with Gasteiger partial charge in [-0.05, 0) is 61.9 Å². The van der Waals surface area contributed by atoms with Crippen molar-refractivity contribution in [3.8, 4) is 0 Å². The molecule has 1 aliphatic rings. The summed E-state index contributed by atoms with van der Waals surface area (Å²) in [5.74, 6) is 0.765. The number of benzene rings is 2. The van der Waals surface area contributed by atoms with Crippen LogP contribution in [-0.4, -0.2) is 30.4 Å². The minimum absolute atomic E-state index is 0. The van der Waals surface area contributed by atoms with Crippen molar-refractivity contribution in [2.45, 2.75) is 45.1 Å². The number of piperidine rings is 1. The minimum Gasteiger partial charge on any atom is -0.322 e. The van der Waals surface area contributed by atoms with Gasteiger partial charge in [0.05, 0.1) is 0 Å². The Kier molecular flexibility index (Phi) is 9.43. The van der Waals surface area contributed by atoms with Gasteiger partial charge in [-0.1, -0.05) is 61.9 Å². The van der Waals surface area contributed by atoms with Crippen molar-refractivity contribution >= 4 is 30.1 Å². The molecule has 3 nitrogen and oxygen atoms in total. The number of halogens is 1. The zero-order chi connectivity index (χ0) is 19.8. The number of carbonyl (C=O) groups excluding carboxylic acids is 1. The van der Waals surface area contributed by atoms with Crippen molar-refractivity contribution in [3.63, 3.8) is 0 Å². The largest absolute Gasteiger partial charge is 0.322 e. The Morgan fingerprint density at radius 3 is 2.55 bits per heavy atom. The van der Waals surface area contributed by atoms with Crippen LogP contribution in [0.1, 0.15) is 43.7 Å². The number of rotatable bonds is 7. The maximum atomic E-state index is 12.4. The molecule has 0 radical (unpaired) electrons. The molecule has 2 aromatic carbocycles. The van der Waals surface area contributed by atoms with Gasteiger partial charge in [0, 0.05) is 24.4 Å². The molecule has 0 aromatic heterocycles. The lowest BCUT2D eigenvalue weighted by atomic mass is 9.88. The molecule has 1 fully saturated rings. The predicted octanol–water partition coefficient (Wildman–Crippen LogP) is 5.81. The summed E-state index contributed by atoms with van der Waals surface area (Å²) in [6.45, 7) is 3.51. The minimum atomic E-state index is -0.0862. The Labute approximate surface area is 181 Å². The zero-order valence-electron chi connectivity index (χ0n) is 17.5. The van der Waals surface area contributed by atoms with E-state index in [1.54, 1.807) is 6.08 Å².